The summed E-state index contributed by atoms with van der Waals surface area (Å²) < 4.78 is 16.3. The quantitative estimate of drug-likeness (QED) is 0.206. The summed E-state index contributed by atoms with van der Waals surface area (Å²) >= 11 is 1.46. The Kier molecular flexibility index (Phi) is 11.3. The Morgan fingerprint density at radius 3 is 2.68 bits per heavy atom. The van der Waals surface area contributed by atoms with Crippen LogP contribution in [0, 0.1) is 0 Å². The van der Waals surface area contributed by atoms with Crippen molar-refractivity contribution in [1.29, 1.82) is 0 Å². The molecule has 28 heavy (non-hydrogen) atoms. The van der Waals surface area contributed by atoms with Crippen molar-refractivity contribution >= 4 is 23.5 Å². The Hall–Kier alpha value is -1.37. The molecular weight excluding hydrogens is 376 g/mol. The standard InChI is InChI=1S/C22H32O5S/c1-2-3-13-25-21(24)16-19(23)17-28-20-11-9-18(10-12-20)7-6-15-27-22-8-4-5-14-26-22/h9-12,22H,2-8,13-17H2,1H3. The zero-order valence-electron chi connectivity index (χ0n) is 16.8. The average molecular weight is 409 g/mol. The van der Waals surface area contributed by atoms with Gasteiger partial charge >= 0.3 is 5.97 Å². The van der Waals surface area contributed by atoms with Crippen LogP contribution in [-0.2, 0) is 30.2 Å². The van der Waals surface area contributed by atoms with Crippen LogP contribution in [0.5, 0.6) is 0 Å². The number of hydrogen-bond donors (Lipinski definition) is 0. The first-order valence-corrected chi connectivity index (χ1v) is 11.3. The molecule has 0 N–H and O–H groups in total. The highest BCUT2D eigenvalue weighted by Gasteiger charge is 2.13. The number of carbonyl (C=O) groups is 2. The molecule has 0 amide bonds. The van der Waals surface area contributed by atoms with Crippen LogP contribution in [0.2, 0.25) is 0 Å². The van der Waals surface area contributed by atoms with Gasteiger partial charge in [0.25, 0.3) is 0 Å². The zero-order valence-corrected chi connectivity index (χ0v) is 17.6. The minimum Gasteiger partial charge on any atom is -0.465 e. The van der Waals surface area contributed by atoms with Crippen molar-refractivity contribution < 1.29 is 23.8 Å². The largest absolute Gasteiger partial charge is 0.465 e. The molecule has 1 aliphatic rings. The second kappa shape index (κ2) is 13.7. The summed E-state index contributed by atoms with van der Waals surface area (Å²) in [6, 6.07) is 8.22. The van der Waals surface area contributed by atoms with Crippen LogP contribution in [0.25, 0.3) is 0 Å². The lowest BCUT2D eigenvalue weighted by Crippen LogP contribution is -2.22. The Bertz CT molecular complexity index is 581. The van der Waals surface area contributed by atoms with Crippen molar-refractivity contribution in [2.75, 3.05) is 25.6 Å². The van der Waals surface area contributed by atoms with E-state index < -0.39 is 5.97 Å². The molecule has 0 aromatic heterocycles. The Labute approximate surface area is 172 Å². The van der Waals surface area contributed by atoms with Crippen LogP contribution >= 0.6 is 11.8 Å². The molecule has 0 radical (unpaired) electrons. The predicted molar refractivity (Wildman–Crippen MR) is 111 cm³/mol. The van der Waals surface area contributed by atoms with E-state index >= 15 is 0 Å². The Morgan fingerprint density at radius 1 is 1.14 bits per heavy atom. The molecule has 0 spiro atoms. The fraction of sp³-hybridized carbons (Fsp3) is 0.636. The lowest BCUT2D eigenvalue weighted by molar-refractivity contribution is -0.162. The number of Topliss-reactive ketones (excluding diaryl/α,β-unsaturated/α-hetero) is 1. The van der Waals surface area contributed by atoms with Crippen molar-refractivity contribution in [2.24, 2.45) is 0 Å². The van der Waals surface area contributed by atoms with Crippen LogP contribution in [0.3, 0.4) is 0 Å². The molecule has 156 valence electrons. The molecule has 0 aliphatic carbocycles. The lowest BCUT2D eigenvalue weighted by atomic mass is 10.1. The van der Waals surface area contributed by atoms with Gasteiger partial charge in [0.15, 0.2) is 12.1 Å². The first-order valence-electron chi connectivity index (χ1n) is 10.3. The normalized spacial score (nSPS) is 16.7. The van der Waals surface area contributed by atoms with Crippen molar-refractivity contribution in [3.8, 4) is 0 Å². The van der Waals surface area contributed by atoms with E-state index in [1.54, 1.807) is 0 Å². The number of aryl methyl sites for hydroxylation is 1. The van der Waals surface area contributed by atoms with Crippen molar-refractivity contribution in [3.63, 3.8) is 0 Å². The number of esters is 1. The molecule has 0 bridgehead atoms. The van der Waals surface area contributed by atoms with Gasteiger partial charge in [-0.05, 0) is 56.2 Å². The summed E-state index contributed by atoms with van der Waals surface area (Å²) in [5.74, 6) is -0.231. The molecule has 1 saturated heterocycles. The first-order chi connectivity index (χ1) is 13.7. The number of thioether (sulfide) groups is 1. The summed E-state index contributed by atoms with van der Waals surface area (Å²) in [6.45, 7) is 3.95. The summed E-state index contributed by atoms with van der Waals surface area (Å²) in [6.07, 6.45) is 6.89. The number of benzene rings is 1. The molecule has 6 heteroatoms. The number of hydrogen-bond acceptors (Lipinski definition) is 6. The summed E-state index contributed by atoms with van der Waals surface area (Å²) in [7, 11) is 0. The molecule has 1 unspecified atom stereocenters. The van der Waals surface area contributed by atoms with E-state index in [4.69, 9.17) is 14.2 Å². The molecule has 1 aromatic rings. The smallest absolute Gasteiger partial charge is 0.313 e. The van der Waals surface area contributed by atoms with Crippen LogP contribution < -0.4 is 0 Å². The van der Waals surface area contributed by atoms with E-state index in [0.29, 0.717) is 13.2 Å². The number of ether oxygens (including phenoxy) is 3. The number of ketones is 1. The molecule has 1 fully saturated rings. The third-order valence-corrected chi connectivity index (χ3v) is 5.55. The molecule has 2 rings (SSSR count). The topological polar surface area (TPSA) is 61.8 Å². The maximum atomic E-state index is 11.9. The fourth-order valence-corrected chi connectivity index (χ4v) is 3.60. The molecule has 1 aromatic carbocycles. The maximum absolute atomic E-state index is 11.9. The number of rotatable bonds is 13. The number of unbranched alkanes of at least 4 members (excludes halogenated alkanes) is 1. The predicted octanol–water partition coefficient (Wildman–Crippen LogP) is 4.56. The van der Waals surface area contributed by atoms with E-state index in [0.717, 1.165) is 50.0 Å². The highest BCUT2D eigenvalue weighted by atomic mass is 32.2. The van der Waals surface area contributed by atoms with Crippen molar-refractivity contribution in [3.05, 3.63) is 29.8 Å². The Morgan fingerprint density at radius 2 is 1.96 bits per heavy atom. The second-order valence-electron chi connectivity index (χ2n) is 6.99. The van der Waals surface area contributed by atoms with Crippen LogP contribution in [-0.4, -0.2) is 43.6 Å². The van der Waals surface area contributed by atoms with E-state index in [2.05, 4.69) is 12.1 Å². The molecular formula is C22H32O5S. The highest BCUT2D eigenvalue weighted by molar-refractivity contribution is 8.00. The van der Waals surface area contributed by atoms with E-state index in [9.17, 15) is 9.59 Å². The second-order valence-corrected chi connectivity index (χ2v) is 8.04. The van der Waals surface area contributed by atoms with Gasteiger partial charge in [-0.1, -0.05) is 25.5 Å². The van der Waals surface area contributed by atoms with Crippen molar-refractivity contribution in [2.45, 2.75) is 69.5 Å². The highest BCUT2D eigenvalue weighted by Crippen LogP contribution is 2.20. The van der Waals surface area contributed by atoms with E-state index in [1.807, 2.05) is 19.1 Å². The van der Waals surface area contributed by atoms with Gasteiger partial charge in [0.05, 0.1) is 19.0 Å². The zero-order chi connectivity index (χ0) is 20.0. The summed E-state index contributed by atoms with van der Waals surface area (Å²) in [5, 5.41) is 0. The average Bonchev–Trinajstić information content (AvgIpc) is 2.71. The maximum Gasteiger partial charge on any atom is 0.313 e. The van der Waals surface area contributed by atoms with Gasteiger partial charge in [0, 0.05) is 11.5 Å². The van der Waals surface area contributed by atoms with Crippen LogP contribution in [0.1, 0.15) is 57.4 Å². The van der Waals surface area contributed by atoms with Gasteiger partial charge in [0.1, 0.15) is 6.42 Å². The third kappa shape index (κ3) is 9.71. The Balaban J connectivity index is 1.58. The van der Waals surface area contributed by atoms with Gasteiger partial charge in [-0.3, -0.25) is 9.59 Å². The summed E-state index contributed by atoms with van der Waals surface area (Å²) in [4.78, 5) is 24.5. The van der Waals surface area contributed by atoms with E-state index in [1.165, 1.54) is 23.7 Å². The van der Waals surface area contributed by atoms with Gasteiger partial charge in [-0.25, -0.2) is 0 Å². The molecule has 5 nitrogen and oxygen atoms in total. The first kappa shape index (κ1) is 22.9. The summed E-state index contributed by atoms with van der Waals surface area (Å²) in [5.41, 5.74) is 1.25. The van der Waals surface area contributed by atoms with Crippen LogP contribution in [0.15, 0.2) is 29.2 Å². The fourth-order valence-electron chi connectivity index (χ4n) is 2.84. The van der Waals surface area contributed by atoms with Gasteiger partial charge in [-0.15, -0.1) is 11.8 Å². The molecule has 1 atom stereocenters. The van der Waals surface area contributed by atoms with Crippen LogP contribution in [0.4, 0.5) is 0 Å². The minimum atomic E-state index is -0.421. The third-order valence-electron chi connectivity index (χ3n) is 4.48. The monoisotopic (exact) mass is 408 g/mol. The van der Waals surface area contributed by atoms with Gasteiger partial charge in [0.2, 0.25) is 0 Å². The molecule has 1 heterocycles. The minimum absolute atomic E-state index is 0.0195. The number of carbonyl (C=O) groups excluding carboxylic acids is 2. The van der Waals surface area contributed by atoms with E-state index in [-0.39, 0.29) is 24.2 Å². The van der Waals surface area contributed by atoms with Gasteiger partial charge < -0.3 is 14.2 Å². The van der Waals surface area contributed by atoms with Gasteiger partial charge in [-0.2, -0.15) is 0 Å². The molecule has 0 saturated carbocycles. The molecule has 1 aliphatic heterocycles. The SMILES string of the molecule is CCCCOC(=O)CC(=O)CSc1ccc(CCCOC2CCCCO2)cc1. The van der Waals surface area contributed by atoms with Crippen molar-refractivity contribution in [1.82, 2.24) is 0 Å². The lowest BCUT2D eigenvalue weighted by Gasteiger charge is -2.22.